The van der Waals surface area contributed by atoms with E-state index in [1.165, 1.54) is 18.7 Å². The third kappa shape index (κ3) is 3.26. The molecular formula is C15H16N6OS. The van der Waals surface area contributed by atoms with E-state index in [9.17, 15) is 4.79 Å². The molecule has 8 heteroatoms. The van der Waals surface area contributed by atoms with Gasteiger partial charge in [-0.2, -0.15) is 5.10 Å². The molecule has 23 heavy (non-hydrogen) atoms. The second-order valence-corrected chi connectivity index (χ2v) is 5.75. The minimum Gasteiger partial charge on any atom is -0.339 e. The van der Waals surface area contributed by atoms with Crippen LogP contribution < -0.4 is 10.6 Å². The molecule has 1 aromatic carbocycles. The second kappa shape index (κ2) is 6.25. The molecule has 3 rings (SSSR count). The predicted octanol–water partition coefficient (Wildman–Crippen LogP) is 3.09. The number of fused-ring (bicyclic) bond motifs is 1. The second-order valence-electron chi connectivity index (χ2n) is 4.96. The highest BCUT2D eigenvalue weighted by molar-refractivity contribution is 7.98. The van der Waals surface area contributed by atoms with Crippen LogP contribution in [0.3, 0.4) is 0 Å². The van der Waals surface area contributed by atoms with Crippen molar-refractivity contribution in [3.8, 4) is 0 Å². The monoisotopic (exact) mass is 328 g/mol. The van der Waals surface area contributed by atoms with Crippen molar-refractivity contribution in [3.63, 3.8) is 0 Å². The van der Waals surface area contributed by atoms with Gasteiger partial charge in [-0.25, -0.2) is 9.97 Å². The van der Waals surface area contributed by atoms with Crippen LogP contribution in [0.5, 0.6) is 0 Å². The van der Waals surface area contributed by atoms with Crippen LogP contribution in [-0.4, -0.2) is 32.3 Å². The number of carbonyl (C=O) groups excluding carboxylic acids is 1. The number of nitrogens with one attached hydrogen (secondary N) is 3. The van der Waals surface area contributed by atoms with E-state index in [1.54, 1.807) is 0 Å². The van der Waals surface area contributed by atoms with Gasteiger partial charge in [0.15, 0.2) is 5.65 Å². The molecule has 2 aromatic heterocycles. The maximum atomic E-state index is 11.1. The van der Waals surface area contributed by atoms with E-state index in [4.69, 9.17) is 0 Å². The number of aryl methyl sites for hydroxylation is 1. The van der Waals surface area contributed by atoms with E-state index in [0.717, 1.165) is 21.8 Å². The molecule has 118 valence electrons. The number of rotatable bonds is 4. The quantitative estimate of drug-likeness (QED) is 0.637. The number of aromatic nitrogens is 4. The van der Waals surface area contributed by atoms with Crippen molar-refractivity contribution >= 4 is 45.9 Å². The summed E-state index contributed by atoms with van der Waals surface area (Å²) in [4.78, 5) is 19.9. The Hall–Kier alpha value is -2.61. The van der Waals surface area contributed by atoms with E-state index in [1.807, 2.05) is 37.4 Å². The van der Waals surface area contributed by atoms with Gasteiger partial charge in [0.2, 0.25) is 5.91 Å². The fourth-order valence-corrected chi connectivity index (χ4v) is 2.77. The van der Waals surface area contributed by atoms with Crippen LogP contribution in [0, 0.1) is 6.92 Å². The molecule has 0 saturated heterocycles. The maximum absolute atomic E-state index is 11.1. The first-order valence-corrected chi connectivity index (χ1v) is 8.20. The SMILES string of the molecule is CSc1n[nH]c2nc(C)nc(Nc3ccc(NC(C)=O)cc3)c12. The topological polar surface area (TPSA) is 95.6 Å². The smallest absolute Gasteiger partial charge is 0.221 e. The molecule has 0 radical (unpaired) electrons. The van der Waals surface area contributed by atoms with Gasteiger partial charge in [-0.15, -0.1) is 11.8 Å². The number of aromatic amines is 1. The number of hydrogen-bond acceptors (Lipinski definition) is 6. The molecule has 0 aliphatic heterocycles. The zero-order valence-corrected chi connectivity index (χ0v) is 13.8. The lowest BCUT2D eigenvalue weighted by Crippen LogP contribution is -2.05. The summed E-state index contributed by atoms with van der Waals surface area (Å²) in [7, 11) is 0. The number of carbonyl (C=O) groups is 1. The van der Waals surface area contributed by atoms with Gasteiger partial charge < -0.3 is 10.6 Å². The zero-order chi connectivity index (χ0) is 16.4. The number of H-pyrrole nitrogens is 1. The van der Waals surface area contributed by atoms with Crippen molar-refractivity contribution in [2.45, 2.75) is 18.9 Å². The Morgan fingerprint density at radius 2 is 1.87 bits per heavy atom. The molecule has 0 unspecified atom stereocenters. The van der Waals surface area contributed by atoms with Crippen LogP contribution in [0.2, 0.25) is 0 Å². The summed E-state index contributed by atoms with van der Waals surface area (Å²) >= 11 is 1.53. The lowest BCUT2D eigenvalue weighted by atomic mass is 10.2. The number of hydrogen-bond donors (Lipinski definition) is 3. The van der Waals surface area contributed by atoms with Crippen LogP contribution in [0.15, 0.2) is 29.3 Å². The fourth-order valence-electron chi connectivity index (χ4n) is 2.23. The summed E-state index contributed by atoms with van der Waals surface area (Å²) in [6, 6.07) is 7.43. The molecule has 0 spiro atoms. The summed E-state index contributed by atoms with van der Waals surface area (Å²) in [5, 5.41) is 14.9. The number of benzene rings is 1. The van der Waals surface area contributed by atoms with Crippen LogP contribution in [0.25, 0.3) is 11.0 Å². The van der Waals surface area contributed by atoms with Crippen LogP contribution >= 0.6 is 11.8 Å². The number of amides is 1. The van der Waals surface area contributed by atoms with Gasteiger partial charge in [0.05, 0.1) is 5.39 Å². The molecule has 3 N–H and O–H groups in total. The number of anilines is 3. The Kier molecular flexibility index (Phi) is 4.16. The Bertz CT molecular complexity index is 858. The van der Waals surface area contributed by atoms with Gasteiger partial charge in [-0.1, -0.05) is 0 Å². The van der Waals surface area contributed by atoms with Crippen molar-refractivity contribution in [1.82, 2.24) is 20.2 Å². The minimum atomic E-state index is -0.0955. The van der Waals surface area contributed by atoms with Crippen molar-refractivity contribution in [2.75, 3.05) is 16.9 Å². The first-order valence-electron chi connectivity index (χ1n) is 6.98. The number of nitrogens with zero attached hydrogens (tertiary/aromatic N) is 3. The third-order valence-corrected chi connectivity index (χ3v) is 3.84. The average Bonchev–Trinajstić information content (AvgIpc) is 2.91. The molecular weight excluding hydrogens is 312 g/mol. The van der Waals surface area contributed by atoms with Gasteiger partial charge in [0.1, 0.15) is 16.7 Å². The van der Waals surface area contributed by atoms with Crippen LogP contribution in [0.4, 0.5) is 17.2 Å². The Labute approximate surface area is 137 Å². The van der Waals surface area contributed by atoms with Crippen LogP contribution in [0.1, 0.15) is 12.7 Å². The van der Waals surface area contributed by atoms with Crippen LogP contribution in [-0.2, 0) is 4.79 Å². The Morgan fingerprint density at radius 3 is 2.52 bits per heavy atom. The summed E-state index contributed by atoms with van der Waals surface area (Å²) in [5.41, 5.74) is 2.33. The first kappa shape index (κ1) is 15.3. The number of thioether (sulfide) groups is 1. The predicted molar refractivity (Wildman–Crippen MR) is 92.2 cm³/mol. The molecule has 0 bridgehead atoms. The first-order chi connectivity index (χ1) is 11.1. The molecule has 0 saturated carbocycles. The summed E-state index contributed by atoms with van der Waals surface area (Å²) < 4.78 is 0. The summed E-state index contributed by atoms with van der Waals surface area (Å²) in [5.74, 6) is 1.27. The highest BCUT2D eigenvalue weighted by atomic mass is 32.2. The normalized spacial score (nSPS) is 10.7. The maximum Gasteiger partial charge on any atom is 0.221 e. The van der Waals surface area contributed by atoms with Gasteiger partial charge in [-0.3, -0.25) is 9.89 Å². The highest BCUT2D eigenvalue weighted by Crippen LogP contribution is 2.30. The largest absolute Gasteiger partial charge is 0.339 e. The molecule has 3 aromatic rings. The van der Waals surface area contributed by atoms with Gasteiger partial charge in [-0.05, 0) is 37.4 Å². The minimum absolute atomic E-state index is 0.0955. The van der Waals surface area contributed by atoms with Gasteiger partial charge >= 0.3 is 0 Å². The average molecular weight is 328 g/mol. The van der Waals surface area contributed by atoms with Gasteiger partial charge in [0, 0.05) is 18.3 Å². The van der Waals surface area contributed by atoms with Crippen molar-refractivity contribution in [1.29, 1.82) is 0 Å². The van der Waals surface area contributed by atoms with E-state index in [-0.39, 0.29) is 5.91 Å². The molecule has 0 aliphatic carbocycles. The lowest BCUT2D eigenvalue weighted by Gasteiger charge is -2.09. The zero-order valence-electron chi connectivity index (χ0n) is 13.0. The molecule has 1 amide bonds. The van der Waals surface area contributed by atoms with E-state index >= 15 is 0 Å². The fraction of sp³-hybridized carbons (Fsp3) is 0.200. The van der Waals surface area contributed by atoms with Crippen molar-refractivity contribution in [3.05, 3.63) is 30.1 Å². The molecule has 0 aliphatic rings. The molecule has 0 fully saturated rings. The third-order valence-electron chi connectivity index (χ3n) is 3.16. The molecule has 7 nitrogen and oxygen atoms in total. The summed E-state index contributed by atoms with van der Waals surface area (Å²) in [6.07, 6.45) is 1.96. The van der Waals surface area contributed by atoms with Gasteiger partial charge in [0.25, 0.3) is 0 Å². The van der Waals surface area contributed by atoms with E-state index < -0.39 is 0 Å². The highest BCUT2D eigenvalue weighted by Gasteiger charge is 2.13. The van der Waals surface area contributed by atoms with E-state index in [0.29, 0.717) is 17.3 Å². The lowest BCUT2D eigenvalue weighted by molar-refractivity contribution is -0.114. The summed E-state index contributed by atoms with van der Waals surface area (Å²) in [6.45, 7) is 3.32. The molecule has 2 heterocycles. The Balaban J connectivity index is 1.94. The van der Waals surface area contributed by atoms with Crippen molar-refractivity contribution < 1.29 is 4.79 Å². The van der Waals surface area contributed by atoms with Crippen molar-refractivity contribution in [2.24, 2.45) is 0 Å². The Morgan fingerprint density at radius 1 is 1.17 bits per heavy atom. The standard InChI is InChI=1S/C15H16N6OS/c1-8-16-13(12-14(17-8)20-21-15(12)23-3)19-11-6-4-10(5-7-11)18-9(2)22/h4-7H,1-3H3,(H,18,22)(H2,16,17,19,20,21). The van der Waals surface area contributed by atoms with E-state index in [2.05, 4.69) is 30.8 Å². The molecule has 0 atom stereocenters.